The van der Waals surface area contributed by atoms with Crippen molar-refractivity contribution in [1.29, 1.82) is 0 Å². The van der Waals surface area contributed by atoms with E-state index in [-0.39, 0.29) is 0 Å². The van der Waals surface area contributed by atoms with Crippen molar-refractivity contribution < 1.29 is 9.94 Å². The average Bonchev–Trinajstić information content (AvgIpc) is 2.84. The number of rotatable bonds is 5. The molecule has 0 saturated heterocycles. The smallest absolute Gasteiger partial charge is 0.119 e. The lowest BCUT2D eigenvalue weighted by Gasteiger charge is -2.07. The van der Waals surface area contributed by atoms with Crippen molar-refractivity contribution in [3.63, 3.8) is 0 Å². The van der Waals surface area contributed by atoms with Crippen LogP contribution in [-0.4, -0.2) is 27.3 Å². The number of aryl methyl sites for hydroxylation is 1. The van der Waals surface area contributed by atoms with Crippen LogP contribution in [-0.2, 0) is 13.5 Å². The van der Waals surface area contributed by atoms with Crippen molar-refractivity contribution in [3.8, 4) is 5.75 Å². The third-order valence-electron chi connectivity index (χ3n) is 2.97. The van der Waals surface area contributed by atoms with E-state index < -0.39 is 0 Å². The minimum absolute atomic E-state index is 0.585. The molecule has 0 spiro atoms. The summed E-state index contributed by atoms with van der Waals surface area (Å²) in [6, 6.07) is 9.46. The zero-order valence-corrected chi connectivity index (χ0v) is 11.1. The lowest BCUT2D eigenvalue weighted by Crippen LogP contribution is -2.06. The van der Waals surface area contributed by atoms with Crippen molar-refractivity contribution in [2.75, 3.05) is 6.61 Å². The number of aromatic nitrogens is 2. The van der Waals surface area contributed by atoms with E-state index in [0.717, 1.165) is 23.4 Å². The maximum atomic E-state index is 8.68. The summed E-state index contributed by atoms with van der Waals surface area (Å²) in [7, 11) is 1.92. The molecule has 100 valence electrons. The fourth-order valence-corrected chi connectivity index (χ4v) is 1.77. The third kappa shape index (κ3) is 3.34. The van der Waals surface area contributed by atoms with Crippen LogP contribution in [0.2, 0.25) is 0 Å². The van der Waals surface area contributed by atoms with Crippen LogP contribution in [0.3, 0.4) is 0 Å². The quantitative estimate of drug-likeness (QED) is 0.509. The van der Waals surface area contributed by atoms with E-state index in [2.05, 4.69) is 10.3 Å². The summed E-state index contributed by atoms with van der Waals surface area (Å²) in [5.74, 6) is 0.802. The summed E-state index contributed by atoms with van der Waals surface area (Å²) in [5.41, 5.74) is 2.60. The zero-order chi connectivity index (χ0) is 13.7. The Labute approximate surface area is 112 Å². The summed E-state index contributed by atoms with van der Waals surface area (Å²) in [6.07, 6.45) is 2.59. The number of oxime groups is 1. The molecule has 2 rings (SSSR count). The molecule has 1 aromatic carbocycles. The number of ether oxygens (including phenoxy) is 1. The molecule has 0 aliphatic rings. The van der Waals surface area contributed by atoms with E-state index in [1.165, 1.54) is 0 Å². The highest BCUT2D eigenvalue weighted by Gasteiger charge is 2.01. The summed E-state index contributed by atoms with van der Waals surface area (Å²) in [6.45, 7) is 2.35. The molecule has 1 N–H and O–H groups in total. The second kappa shape index (κ2) is 6.04. The zero-order valence-electron chi connectivity index (χ0n) is 11.1. The molecule has 0 unspecified atom stereocenters. The molecule has 1 heterocycles. The number of nitrogens with zero attached hydrogens (tertiary/aromatic N) is 3. The van der Waals surface area contributed by atoms with E-state index in [9.17, 15) is 0 Å². The first-order chi connectivity index (χ1) is 9.20. The van der Waals surface area contributed by atoms with E-state index in [1.54, 1.807) is 13.1 Å². The Morgan fingerprint density at radius 1 is 1.32 bits per heavy atom. The summed E-state index contributed by atoms with van der Waals surface area (Å²) in [4.78, 5) is 0. The predicted molar refractivity (Wildman–Crippen MR) is 72.8 cm³/mol. The first-order valence-corrected chi connectivity index (χ1v) is 6.09. The highest BCUT2D eigenvalue weighted by Crippen LogP contribution is 2.13. The second-order valence-corrected chi connectivity index (χ2v) is 4.25. The molecular weight excluding hydrogens is 242 g/mol. The van der Waals surface area contributed by atoms with Crippen LogP contribution in [0, 0.1) is 0 Å². The largest absolute Gasteiger partial charge is 0.493 e. The van der Waals surface area contributed by atoms with Gasteiger partial charge in [-0.3, -0.25) is 4.68 Å². The number of benzene rings is 1. The monoisotopic (exact) mass is 259 g/mol. The standard InChI is InChI=1S/C14H17N3O2/c1-11(16-18)12-3-5-14(6-4-12)19-10-8-13-7-9-15-17(13)2/h3-7,9,18H,8,10H2,1-2H3/b16-11-. The highest BCUT2D eigenvalue weighted by atomic mass is 16.5. The summed E-state index contributed by atoms with van der Waals surface area (Å²) in [5, 5.41) is 15.9. The summed E-state index contributed by atoms with van der Waals surface area (Å²) >= 11 is 0. The SMILES string of the molecule is C/C(=N/O)c1ccc(OCCc2ccnn2C)cc1. The average molecular weight is 259 g/mol. The second-order valence-electron chi connectivity index (χ2n) is 4.25. The number of hydrogen-bond donors (Lipinski definition) is 1. The van der Waals surface area contributed by atoms with Gasteiger partial charge in [0.2, 0.25) is 0 Å². The third-order valence-corrected chi connectivity index (χ3v) is 2.97. The van der Waals surface area contributed by atoms with Gasteiger partial charge >= 0.3 is 0 Å². The first-order valence-electron chi connectivity index (χ1n) is 6.09. The van der Waals surface area contributed by atoms with Gasteiger partial charge in [0.25, 0.3) is 0 Å². The van der Waals surface area contributed by atoms with E-state index in [0.29, 0.717) is 12.3 Å². The Morgan fingerprint density at radius 3 is 2.63 bits per heavy atom. The molecule has 0 aliphatic heterocycles. The van der Waals surface area contributed by atoms with Crippen LogP contribution >= 0.6 is 0 Å². The van der Waals surface area contributed by atoms with Gasteiger partial charge in [0, 0.05) is 25.4 Å². The fraction of sp³-hybridized carbons (Fsp3) is 0.286. The molecule has 5 heteroatoms. The van der Waals surface area contributed by atoms with Gasteiger partial charge in [-0.25, -0.2) is 0 Å². The Kier molecular flexibility index (Phi) is 4.18. The van der Waals surface area contributed by atoms with Crippen molar-refractivity contribution in [3.05, 3.63) is 47.8 Å². The predicted octanol–water partition coefficient (Wildman–Crippen LogP) is 2.24. The van der Waals surface area contributed by atoms with Crippen LogP contribution in [0.25, 0.3) is 0 Å². The van der Waals surface area contributed by atoms with Gasteiger partial charge in [0.15, 0.2) is 0 Å². The minimum Gasteiger partial charge on any atom is -0.493 e. The Morgan fingerprint density at radius 2 is 2.05 bits per heavy atom. The lowest BCUT2D eigenvalue weighted by atomic mass is 10.1. The van der Waals surface area contributed by atoms with Crippen molar-refractivity contribution in [1.82, 2.24) is 9.78 Å². The van der Waals surface area contributed by atoms with Crippen LogP contribution in [0.15, 0.2) is 41.7 Å². The van der Waals surface area contributed by atoms with Gasteiger partial charge in [0.05, 0.1) is 12.3 Å². The molecule has 0 bridgehead atoms. The minimum atomic E-state index is 0.585. The molecule has 0 atom stereocenters. The molecule has 19 heavy (non-hydrogen) atoms. The van der Waals surface area contributed by atoms with Crippen LogP contribution in [0.1, 0.15) is 18.2 Å². The van der Waals surface area contributed by atoms with Gasteiger partial charge in [-0.1, -0.05) is 5.16 Å². The van der Waals surface area contributed by atoms with Gasteiger partial charge in [-0.2, -0.15) is 5.10 Å². The Hall–Kier alpha value is -2.30. The van der Waals surface area contributed by atoms with Gasteiger partial charge < -0.3 is 9.94 Å². The van der Waals surface area contributed by atoms with Crippen LogP contribution < -0.4 is 4.74 Å². The van der Waals surface area contributed by atoms with E-state index in [4.69, 9.17) is 9.94 Å². The van der Waals surface area contributed by atoms with E-state index in [1.807, 2.05) is 42.1 Å². The van der Waals surface area contributed by atoms with Crippen molar-refractivity contribution in [2.45, 2.75) is 13.3 Å². The summed E-state index contributed by atoms with van der Waals surface area (Å²) < 4.78 is 7.50. The highest BCUT2D eigenvalue weighted by molar-refractivity contribution is 5.98. The van der Waals surface area contributed by atoms with Gasteiger partial charge in [0.1, 0.15) is 5.75 Å². The molecule has 0 saturated carbocycles. The lowest BCUT2D eigenvalue weighted by molar-refractivity contribution is 0.317. The molecule has 0 amide bonds. The van der Waals surface area contributed by atoms with Crippen LogP contribution in [0.4, 0.5) is 0 Å². The fourth-order valence-electron chi connectivity index (χ4n) is 1.77. The molecule has 1 aromatic heterocycles. The van der Waals surface area contributed by atoms with Crippen molar-refractivity contribution in [2.24, 2.45) is 12.2 Å². The Balaban J connectivity index is 1.88. The number of hydrogen-bond acceptors (Lipinski definition) is 4. The molecular formula is C14H17N3O2. The topological polar surface area (TPSA) is 59.6 Å². The van der Waals surface area contributed by atoms with Crippen LogP contribution in [0.5, 0.6) is 5.75 Å². The molecule has 0 aliphatic carbocycles. The molecule has 2 aromatic rings. The van der Waals surface area contributed by atoms with Crippen molar-refractivity contribution >= 4 is 5.71 Å². The van der Waals surface area contributed by atoms with Gasteiger partial charge in [-0.05, 0) is 42.8 Å². The molecule has 0 fully saturated rings. The maximum absolute atomic E-state index is 8.68. The normalized spacial score (nSPS) is 11.6. The maximum Gasteiger partial charge on any atom is 0.119 e. The molecule has 5 nitrogen and oxygen atoms in total. The van der Waals surface area contributed by atoms with Gasteiger partial charge in [-0.15, -0.1) is 0 Å². The Bertz CT molecular complexity index is 558. The van der Waals surface area contributed by atoms with E-state index >= 15 is 0 Å². The molecule has 0 radical (unpaired) electrons. The first kappa shape index (κ1) is 13.1.